The molecule has 0 amide bonds. The Kier molecular flexibility index (Phi) is 4.26. The molecular formula is C13H12BrF2N3O2. The van der Waals surface area contributed by atoms with E-state index in [1.54, 1.807) is 18.7 Å². The summed E-state index contributed by atoms with van der Waals surface area (Å²) in [6.07, 6.45) is 0. The number of nitrogen functional groups attached to an aromatic ring is 1. The molecule has 21 heavy (non-hydrogen) atoms. The minimum Gasteiger partial charge on any atom is -0.455 e. The van der Waals surface area contributed by atoms with E-state index in [0.29, 0.717) is 5.69 Å². The van der Waals surface area contributed by atoms with Crippen molar-refractivity contribution >= 4 is 27.6 Å². The van der Waals surface area contributed by atoms with E-state index >= 15 is 0 Å². The summed E-state index contributed by atoms with van der Waals surface area (Å²) >= 11 is 3.33. The smallest absolute Gasteiger partial charge is 0.340 e. The number of nitrogens with zero attached hydrogens (tertiary/aromatic N) is 2. The first kappa shape index (κ1) is 15.4. The van der Waals surface area contributed by atoms with Gasteiger partial charge in [0.05, 0.1) is 21.4 Å². The van der Waals surface area contributed by atoms with Crippen LogP contribution >= 0.6 is 15.9 Å². The average Bonchev–Trinajstić information content (AvgIpc) is 2.65. The molecule has 0 atom stereocenters. The zero-order valence-electron chi connectivity index (χ0n) is 11.3. The lowest BCUT2D eigenvalue weighted by Gasteiger charge is -2.08. The second kappa shape index (κ2) is 5.80. The Morgan fingerprint density at radius 3 is 2.62 bits per heavy atom. The second-order valence-electron chi connectivity index (χ2n) is 4.40. The number of aryl methyl sites for hydroxylation is 2. The quantitative estimate of drug-likeness (QED) is 0.675. The van der Waals surface area contributed by atoms with E-state index in [0.717, 1.165) is 22.3 Å². The SMILES string of the molecule is Cc1nn(C)c(COC(=O)c2cc(F)c(F)cc2N)c1Br. The lowest BCUT2D eigenvalue weighted by Crippen LogP contribution is -2.11. The molecule has 112 valence electrons. The van der Waals surface area contributed by atoms with Crippen molar-refractivity contribution < 1.29 is 18.3 Å². The third-order valence-electron chi connectivity index (χ3n) is 2.91. The summed E-state index contributed by atoms with van der Waals surface area (Å²) in [6.45, 7) is 1.72. The van der Waals surface area contributed by atoms with Crippen molar-refractivity contribution in [1.82, 2.24) is 9.78 Å². The number of rotatable bonds is 3. The van der Waals surface area contributed by atoms with Crippen LogP contribution in [-0.2, 0) is 18.4 Å². The van der Waals surface area contributed by atoms with E-state index in [4.69, 9.17) is 10.5 Å². The van der Waals surface area contributed by atoms with Gasteiger partial charge in [-0.25, -0.2) is 13.6 Å². The van der Waals surface area contributed by atoms with Crippen LogP contribution in [0.4, 0.5) is 14.5 Å². The van der Waals surface area contributed by atoms with Gasteiger partial charge in [0.2, 0.25) is 0 Å². The Bertz CT molecular complexity index is 716. The maximum Gasteiger partial charge on any atom is 0.340 e. The van der Waals surface area contributed by atoms with E-state index < -0.39 is 17.6 Å². The Balaban J connectivity index is 2.17. The van der Waals surface area contributed by atoms with Gasteiger partial charge in [-0.15, -0.1) is 0 Å². The van der Waals surface area contributed by atoms with Crippen molar-refractivity contribution in [2.75, 3.05) is 5.73 Å². The van der Waals surface area contributed by atoms with E-state index in [1.807, 2.05) is 0 Å². The minimum absolute atomic E-state index is 0.0742. The third kappa shape index (κ3) is 3.05. The Morgan fingerprint density at radius 1 is 1.43 bits per heavy atom. The molecule has 0 saturated carbocycles. The maximum atomic E-state index is 13.2. The molecule has 0 spiro atoms. The largest absolute Gasteiger partial charge is 0.455 e. The summed E-state index contributed by atoms with van der Waals surface area (Å²) in [6, 6.07) is 1.46. The van der Waals surface area contributed by atoms with Crippen molar-refractivity contribution in [3.8, 4) is 0 Å². The molecule has 0 bridgehead atoms. The third-order valence-corrected chi connectivity index (χ3v) is 3.95. The number of hydrogen-bond acceptors (Lipinski definition) is 4. The van der Waals surface area contributed by atoms with Gasteiger partial charge in [0.1, 0.15) is 6.61 Å². The summed E-state index contributed by atoms with van der Waals surface area (Å²) in [5.41, 5.74) is 6.48. The number of carbonyl (C=O) groups is 1. The predicted molar refractivity (Wildman–Crippen MR) is 75.5 cm³/mol. The van der Waals surface area contributed by atoms with Crippen molar-refractivity contribution in [2.24, 2.45) is 7.05 Å². The fraction of sp³-hybridized carbons (Fsp3) is 0.231. The van der Waals surface area contributed by atoms with Crippen LogP contribution in [0.25, 0.3) is 0 Å². The molecule has 5 nitrogen and oxygen atoms in total. The normalized spacial score (nSPS) is 10.7. The fourth-order valence-electron chi connectivity index (χ4n) is 1.79. The molecule has 2 N–H and O–H groups in total. The molecule has 2 aromatic rings. The molecule has 1 heterocycles. The number of aromatic nitrogens is 2. The lowest BCUT2D eigenvalue weighted by molar-refractivity contribution is 0.0463. The topological polar surface area (TPSA) is 70.1 Å². The summed E-state index contributed by atoms with van der Waals surface area (Å²) in [5.74, 6) is -3.11. The zero-order chi connectivity index (χ0) is 15.7. The van der Waals surface area contributed by atoms with Gasteiger partial charge in [0.25, 0.3) is 0 Å². The first-order chi connectivity index (χ1) is 9.81. The summed E-state index contributed by atoms with van der Waals surface area (Å²) in [4.78, 5) is 11.9. The molecule has 8 heteroatoms. The van der Waals surface area contributed by atoms with Crippen LogP contribution < -0.4 is 5.73 Å². The number of benzene rings is 1. The van der Waals surface area contributed by atoms with Crippen LogP contribution in [0, 0.1) is 18.6 Å². The van der Waals surface area contributed by atoms with Crippen LogP contribution in [-0.4, -0.2) is 15.7 Å². The van der Waals surface area contributed by atoms with Crippen LogP contribution in [0.1, 0.15) is 21.7 Å². The molecule has 1 aromatic carbocycles. The molecule has 0 saturated heterocycles. The first-order valence-electron chi connectivity index (χ1n) is 5.91. The van der Waals surface area contributed by atoms with E-state index in [-0.39, 0.29) is 17.9 Å². The van der Waals surface area contributed by atoms with Gasteiger partial charge in [-0.3, -0.25) is 4.68 Å². The van der Waals surface area contributed by atoms with Gasteiger partial charge in [-0.05, 0) is 28.9 Å². The lowest BCUT2D eigenvalue weighted by atomic mass is 10.1. The van der Waals surface area contributed by atoms with E-state index in [2.05, 4.69) is 21.0 Å². The summed E-state index contributed by atoms with van der Waals surface area (Å²) in [7, 11) is 1.70. The zero-order valence-corrected chi connectivity index (χ0v) is 12.9. The number of ether oxygens (including phenoxy) is 1. The highest BCUT2D eigenvalue weighted by Crippen LogP contribution is 2.22. The minimum atomic E-state index is -1.16. The van der Waals surface area contributed by atoms with Gasteiger partial charge in [-0.2, -0.15) is 5.10 Å². The Hall–Kier alpha value is -1.96. The van der Waals surface area contributed by atoms with E-state index in [9.17, 15) is 13.6 Å². The number of hydrogen-bond donors (Lipinski definition) is 1. The number of carbonyl (C=O) groups excluding carboxylic acids is 1. The number of esters is 1. The standard InChI is InChI=1S/C13H12BrF2N3O2/c1-6-12(14)11(19(2)18-6)5-21-13(20)7-3-8(15)9(16)4-10(7)17/h3-4H,5,17H2,1-2H3. The fourth-order valence-corrected chi connectivity index (χ4v) is 2.24. The van der Waals surface area contributed by atoms with Gasteiger partial charge in [-0.1, -0.05) is 0 Å². The van der Waals surface area contributed by atoms with Gasteiger partial charge in [0.15, 0.2) is 11.6 Å². The Labute approximate surface area is 127 Å². The molecular weight excluding hydrogens is 348 g/mol. The molecule has 0 fully saturated rings. The highest BCUT2D eigenvalue weighted by atomic mass is 79.9. The molecule has 2 rings (SSSR count). The predicted octanol–water partition coefficient (Wildman–Crippen LogP) is 2.71. The number of anilines is 1. The molecule has 0 unspecified atom stereocenters. The summed E-state index contributed by atoms with van der Waals surface area (Å²) in [5, 5.41) is 4.15. The Morgan fingerprint density at radius 2 is 2.05 bits per heavy atom. The molecule has 0 radical (unpaired) electrons. The van der Waals surface area contributed by atoms with Gasteiger partial charge >= 0.3 is 5.97 Å². The molecule has 0 aliphatic heterocycles. The van der Waals surface area contributed by atoms with E-state index in [1.165, 1.54) is 0 Å². The van der Waals surface area contributed by atoms with Crippen molar-refractivity contribution in [3.63, 3.8) is 0 Å². The van der Waals surface area contributed by atoms with Crippen LogP contribution in [0.2, 0.25) is 0 Å². The summed E-state index contributed by atoms with van der Waals surface area (Å²) < 4.78 is 33.5. The molecule has 0 aliphatic rings. The molecule has 0 aliphatic carbocycles. The maximum absolute atomic E-state index is 13.2. The average molecular weight is 360 g/mol. The first-order valence-corrected chi connectivity index (χ1v) is 6.70. The van der Waals surface area contributed by atoms with Gasteiger partial charge in [0, 0.05) is 18.8 Å². The van der Waals surface area contributed by atoms with Crippen molar-refractivity contribution in [1.29, 1.82) is 0 Å². The number of halogens is 3. The van der Waals surface area contributed by atoms with Crippen LogP contribution in [0.3, 0.4) is 0 Å². The highest BCUT2D eigenvalue weighted by molar-refractivity contribution is 9.10. The van der Waals surface area contributed by atoms with Crippen molar-refractivity contribution in [3.05, 3.63) is 45.2 Å². The van der Waals surface area contributed by atoms with Crippen LogP contribution in [0.5, 0.6) is 0 Å². The van der Waals surface area contributed by atoms with Crippen LogP contribution in [0.15, 0.2) is 16.6 Å². The monoisotopic (exact) mass is 359 g/mol. The second-order valence-corrected chi connectivity index (χ2v) is 5.19. The van der Waals surface area contributed by atoms with Crippen molar-refractivity contribution in [2.45, 2.75) is 13.5 Å². The highest BCUT2D eigenvalue weighted by Gasteiger charge is 2.18. The number of nitrogens with two attached hydrogens (primary N) is 1. The van der Waals surface area contributed by atoms with Gasteiger partial charge < -0.3 is 10.5 Å². The molecule has 1 aromatic heterocycles.